The largest absolute Gasteiger partial charge is 0.399 e. The lowest BCUT2D eigenvalue weighted by atomic mass is 10.1. The summed E-state index contributed by atoms with van der Waals surface area (Å²) in [7, 11) is 1.52. The second-order valence-electron chi connectivity index (χ2n) is 3.05. The number of nitrogens with two attached hydrogens (primary N) is 1. The molecular formula is C9H7ClN2O2S. The lowest BCUT2D eigenvalue weighted by Gasteiger charge is -2.04. The number of hydrogen-bond acceptors (Lipinski definition) is 4. The monoisotopic (exact) mass is 242 g/mol. The van der Waals surface area contributed by atoms with E-state index >= 15 is 0 Å². The fourth-order valence-corrected chi connectivity index (χ4v) is 2.51. The molecule has 0 spiro atoms. The zero-order chi connectivity index (χ0) is 11.1. The van der Waals surface area contributed by atoms with Crippen molar-refractivity contribution >= 4 is 36.2 Å². The van der Waals surface area contributed by atoms with E-state index < -0.39 is 9.05 Å². The first kappa shape index (κ1) is 10.2. The molecule has 0 aliphatic heterocycles. The summed E-state index contributed by atoms with van der Waals surface area (Å²) in [6.45, 7) is 0. The van der Waals surface area contributed by atoms with Crippen LogP contribution in [-0.2, 0) is 9.05 Å². The van der Waals surface area contributed by atoms with E-state index in [9.17, 15) is 8.42 Å². The Morgan fingerprint density at radius 1 is 1.33 bits per heavy atom. The standard InChI is InChI=1S/C9H7ClN2O2S/c10-15(13,14)9-4-7(11)3-6-5-12-2-1-8(6)9/h1-5H,11H2. The average Bonchev–Trinajstić information content (AvgIpc) is 2.15. The van der Waals surface area contributed by atoms with Crippen LogP contribution in [0, 0.1) is 0 Å². The maximum absolute atomic E-state index is 11.3. The molecule has 0 saturated heterocycles. The van der Waals surface area contributed by atoms with Crippen molar-refractivity contribution in [3.05, 3.63) is 30.6 Å². The van der Waals surface area contributed by atoms with Crippen LogP contribution in [-0.4, -0.2) is 13.4 Å². The van der Waals surface area contributed by atoms with Crippen molar-refractivity contribution in [1.29, 1.82) is 0 Å². The summed E-state index contributed by atoms with van der Waals surface area (Å²) in [6, 6.07) is 4.57. The predicted molar refractivity (Wildman–Crippen MR) is 59.2 cm³/mol. The van der Waals surface area contributed by atoms with Crippen LogP contribution in [0.15, 0.2) is 35.5 Å². The van der Waals surface area contributed by atoms with Gasteiger partial charge in [0.1, 0.15) is 0 Å². The summed E-state index contributed by atoms with van der Waals surface area (Å²) >= 11 is 0. The van der Waals surface area contributed by atoms with E-state index in [1.54, 1.807) is 12.1 Å². The Kier molecular flexibility index (Phi) is 2.28. The minimum absolute atomic E-state index is 0.0153. The summed E-state index contributed by atoms with van der Waals surface area (Å²) in [6.07, 6.45) is 3.04. The highest BCUT2D eigenvalue weighted by Gasteiger charge is 2.14. The third-order valence-electron chi connectivity index (χ3n) is 2.00. The Hall–Kier alpha value is -1.33. The van der Waals surface area contributed by atoms with Crippen molar-refractivity contribution in [3.8, 4) is 0 Å². The number of hydrogen-bond donors (Lipinski definition) is 1. The molecule has 0 amide bonds. The normalized spacial score (nSPS) is 11.8. The van der Waals surface area contributed by atoms with Crippen molar-refractivity contribution < 1.29 is 8.42 Å². The van der Waals surface area contributed by atoms with E-state index in [1.165, 1.54) is 18.5 Å². The Labute approximate surface area is 91.1 Å². The molecule has 2 aromatic rings. The summed E-state index contributed by atoms with van der Waals surface area (Å²) in [5, 5.41) is 1.17. The minimum Gasteiger partial charge on any atom is -0.399 e. The van der Waals surface area contributed by atoms with Crippen LogP contribution in [0.2, 0.25) is 0 Å². The zero-order valence-corrected chi connectivity index (χ0v) is 9.09. The molecule has 2 rings (SSSR count). The molecule has 1 aromatic carbocycles. The highest BCUT2D eigenvalue weighted by Crippen LogP contribution is 2.27. The van der Waals surface area contributed by atoms with E-state index in [2.05, 4.69) is 4.98 Å². The first-order chi connectivity index (χ1) is 6.98. The van der Waals surface area contributed by atoms with Gasteiger partial charge in [-0.3, -0.25) is 4.98 Å². The molecule has 0 unspecified atom stereocenters. The van der Waals surface area contributed by atoms with Crippen molar-refractivity contribution in [2.24, 2.45) is 0 Å². The number of nitrogens with zero attached hydrogens (tertiary/aromatic N) is 1. The first-order valence-corrected chi connectivity index (χ1v) is 6.37. The van der Waals surface area contributed by atoms with Gasteiger partial charge in [-0.1, -0.05) is 0 Å². The van der Waals surface area contributed by atoms with Crippen LogP contribution < -0.4 is 5.73 Å². The van der Waals surface area contributed by atoms with Gasteiger partial charge in [-0.2, -0.15) is 0 Å². The summed E-state index contributed by atoms with van der Waals surface area (Å²) in [5.41, 5.74) is 5.91. The highest BCUT2D eigenvalue weighted by molar-refractivity contribution is 8.14. The quantitative estimate of drug-likeness (QED) is 0.611. The van der Waals surface area contributed by atoms with E-state index in [-0.39, 0.29) is 4.90 Å². The zero-order valence-electron chi connectivity index (χ0n) is 7.51. The third kappa shape index (κ3) is 1.88. The Balaban J connectivity index is 2.96. The summed E-state index contributed by atoms with van der Waals surface area (Å²) < 4.78 is 22.6. The molecule has 0 atom stereocenters. The highest BCUT2D eigenvalue weighted by atomic mass is 35.7. The van der Waals surface area contributed by atoms with Gasteiger partial charge >= 0.3 is 0 Å². The van der Waals surface area contributed by atoms with Gasteiger partial charge in [0, 0.05) is 39.5 Å². The van der Waals surface area contributed by atoms with Gasteiger partial charge in [0.05, 0.1) is 4.90 Å². The van der Waals surface area contributed by atoms with E-state index in [0.29, 0.717) is 16.5 Å². The Bertz CT molecular complexity index is 625. The second kappa shape index (κ2) is 3.36. The van der Waals surface area contributed by atoms with Crippen LogP contribution in [0.3, 0.4) is 0 Å². The first-order valence-electron chi connectivity index (χ1n) is 4.06. The van der Waals surface area contributed by atoms with Crippen LogP contribution >= 0.6 is 10.7 Å². The van der Waals surface area contributed by atoms with Crippen LogP contribution in [0.1, 0.15) is 0 Å². The van der Waals surface area contributed by atoms with Gasteiger partial charge in [-0.25, -0.2) is 8.42 Å². The summed E-state index contributed by atoms with van der Waals surface area (Å²) in [4.78, 5) is 3.90. The van der Waals surface area contributed by atoms with Crippen LogP contribution in [0.5, 0.6) is 0 Å². The molecule has 0 aliphatic rings. The maximum Gasteiger partial charge on any atom is 0.262 e. The molecule has 4 nitrogen and oxygen atoms in total. The van der Waals surface area contributed by atoms with Crippen LogP contribution in [0.25, 0.3) is 10.8 Å². The molecule has 6 heteroatoms. The average molecular weight is 243 g/mol. The number of aromatic nitrogens is 1. The van der Waals surface area contributed by atoms with Crippen molar-refractivity contribution in [1.82, 2.24) is 4.98 Å². The van der Waals surface area contributed by atoms with Crippen molar-refractivity contribution in [3.63, 3.8) is 0 Å². The van der Waals surface area contributed by atoms with Gasteiger partial charge in [-0.15, -0.1) is 0 Å². The second-order valence-corrected chi connectivity index (χ2v) is 5.59. The molecule has 2 N–H and O–H groups in total. The van der Waals surface area contributed by atoms with Crippen LogP contribution in [0.4, 0.5) is 5.69 Å². The van der Waals surface area contributed by atoms with Gasteiger partial charge in [0.15, 0.2) is 0 Å². The number of rotatable bonds is 1. The topological polar surface area (TPSA) is 73.1 Å². The molecule has 1 heterocycles. The van der Waals surface area contributed by atoms with E-state index in [0.717, 1.165) is 0 Å². The lowest BCUT2D eigenvalue weighted by Crippen LogP contribution is -1.95. The third-order valence-corrected chi connectivity index (χ3v) is 3.36. The van der Waals surface area contributed by atoms with Gasteiger partial charge < -0.3 is 5.73 Å². The number of anilines is 1. The predicted octanol–water partition coefficient (Wildman–Crippen LogP) is 1.74. The smallest absolute Gasteiger partial charge is 0.262 e. The molecule has 0 aliphatic carbocycles. The molecular weight excluding hydrogens is 236 g/mol. The molecule has 0 saturated carbocycles. The minimum atomic E-state index is -3.79. The molecule has 1 aromatic heterocycles. The fourth-order valence-electron chi connectivity index (χ4n) is 1.40. The Morgan fingerprint density at radius 3 is 2.73 bits per heavy atom. The molecule has 15 heavy (non-hydrogen) atoms. The molecule has 0 bridgehead atoms. The number of fused-ring (bicyclic) bond motifs is 1. The van der Waals surface area contributed by atoms with E-state index in [4.69, 9.17) is 16.4 Å². The SMILES string of the molecule is Nc1cc(S(=O)(=O)Cl)c2ccncc2c1. The Morgan fingerprint density at radius 2 is 2.07 bits per heavy atom. The lowest BCUT2D eigenvalue weighted by molar-refractivity contribution is 0.610. The number of halogens is 1. The molecule has 0 fully saturated rings. The number of benzene rings is 1. The fraction of sp³-hybridized carbons (Fsp3) is 0. The van der Waals surface area contributed by atoms with Gasteiger partial charge in [0.25, 0.3) is 9.05 Å². The van der Waals surface area contributed by atoms with Gasteiger partial charge in [-0.05, 0) is 18.2 Å². The van der Waals surface area contributed by atoms with Crippen molar-refractivity contribution in [2.45, 2.75) is 4.90 Å². The summed E-state index contributed by atoms with van der Waals surface area (Å²) in [5.74, 6) is 0. The molecule has 0 radical (unpaired) electrons. The number of pyridine rings is 1. The van der Waals surface area contributed by atoms with Gasteiger partial charge in [0.2, 0.25) is 0 Å². The van der Waals surface area contributed by atoms with Crippen molar-refractivity contribution in [2.75, 3.05) is 5.73 Å². The molecule has 78 valence electrons. The number of nitrogen functional groups attached to an aromatic ring is 1. The maximum atomic E-state index is 11.3. The van der Waals surface area contributed by atoms with E-state index in [1.807, 2.05) is 0 Å².